The number of anilines is 2. The predicted molar refractivity (Wildman–Crippen MR) is 110 cm³/mol. The van der Waals surface area contributed by atoms with E-state index in [2.05, 4.69) is 15.3 Å². The van der Waals surface area contributed by atoms with Gasteiger partial charge in [-0.05, 0) is 55.7 Å². The van der Waals surface area contributed by atoms with Gasteiger partial charge in [-0.25, -0.2) is 4.98 Å². The molecule has 29 heavy (non-hydrogen) atoms. The molecule has 0 aliphatic heterocycles. The summed E-state index contributed by atoms with van der Waals surface area (Å²) >= 11 is 1.33. The van der Waals surface area contributed by atoms with Crippen molar-refractivity contribution in [2.24, 2.45) is 0 Å². The fourth-order valence-corrected chi connectivity index (χ4v) is 3.37. The maximum Gasteiger partial charge on any atom is 0.420 e. The standard InChI is InChI=1S/C21H20F3N3OS/c1-2-5-17-14-29-20(27-17)26-16-8-9-19(18(12-16)21(22,23)24)28-11-4-7-15-6-3-10-25-13-15/h2-3,5-6,8-10,12-14H,4,7,11H2,1H3,(H,26,27)/b5-2+. The van der Waals surface area contributed by atoms with Gasteiger partial charge in [-0.15, -0.1) is 11.3 Å². The van der Waals surface area contributed by atoms with E-state index in [4.69, 9.17) is 4.74 Å². The molecule has 0 atom stereocenters. The molecule has 0 amide bonds. The fourth-order valence-electron chi connectivity index (χ4n) is 2.67. The third kappa shape index (κ3) is 6.05. The van der Waals surface area contributed by atoms with Crippen LogP contribution in [0.1, 0.15) is 30.2 Å². The minimum Gasteiger partial charge on any atom is -0.493 e. The van der Waals surface area contributed by atoms with Crippen molar-refractivity contribution in [2.45, 2.75) is 25.9 Å². The van der Waals surface area contributed by atoms with Crippen LogP contribution in [-0.4, -0.2) is 16.6 Å². The summed E-state index contributed by atoms with van der Waals surface area (Å²) in [7, 11) is 0. The van der Waals surface area contributed by atoms with Crippen LogP contribution in [0.3, 0.4) is 0 Å². The molecule has 152 valence electrons. The van der Waals surface area contributed by atoms with Crippen molar-refractivity contribution in [2.75, 3.05) is 11.9 Å². The first-order valence-corrected chi connectivity index (χ1v) is 9.92. The number of rotatable bonds is 8. The molecular weight excluding hydrogens is 399 g/mol. The summed E-state index contributed by atoms with van der Waals surface area (Å²) in [6.45, 7) is 2.06. The van der Waals surface area contributed by atoms with Gasteiger partial charge in [0.15, 0.2) is 5.13 Å². The van der Waals surface area contributed by atoms with E-state index in [1.54, 1.807) is 18.5 Å². The lowest BCUT2D eigenvalue weighted by atomic mass is 10.1. The highest BCUT2D eigenvalue weighted by atomic mass is 32.1. The van der Waals surface area contributed by atoms with Crippen LogP contribution in [0.15, 0.2) is 54.2 Å². The molecule has 0 spiro atoms. The summed E-state index contributed by atoms with van der Waals surface area (Å²) < 4.78 is 46.0. The number of hydrogen-bond donors (Lipinski definition) is 1. The van der Waals surface area contributed by atoms with Gasteiger partial charge in [-0.1, -0.05) is 12.1 Å². The fraction of sp³-hybridized carbons (Fsp3) is 0.238. The normalized spacial score (nSPS) is 11.7. The molecule has 0 aliphatic carbocycles. The summed E-state index contributed by atoms with van der Waals surface area (Å²) in [6.07, 6.45) is 3.85. The van der Waals surface area contributed by atoms with Crippen molar-refractivity contribution >= 4 is 28.2 Å². The second-order valence-corrected chi connectivity index (χ2v) is 7.08. The number of pyridine rings is 1. The monoisotopic (exact) mass is 419 g/mol. The van der Waals surface area contributed by atoms with Crippen molar-refractivity contribution in [1.29, 1.82) is 0 Å². The Balaban J connectivity index is 1.67. The van der Waals surface area contributed by atoms with Crippen molar-refractivity contribution in [3.05, 3.63) is 71.0 Å². The van der Waals surface area contributed by atoms with Gasteiger partial charge in [-0.2, -0.15) is 13.2 Å². The summed E-state index contributed by atoms with van der Waals surface area (Å²) in [6, 6.07) is 7.70. The number of aromatic nitrogens is 2. The van der Waals surface area contributed by atoms with Gasteiger partial charge in [0, 0.05) is 23.5 Å². The second kappa shape index (κ2) is 9.56. The van der Waals surface area contributed by atoms with E-state index in [0.29, 0.717) is 23.7 Å². The van der Waals surface area contributed by atoms with Gasteiger partial charge >= 0.3 is 6.18 Å². The molecule has 3 aromatic rings. The number of nitrogens with zero attached hydrogens (tertiary/aromatic N) is 2. The zero-order chi connectivity index (χ0) is 20.7. The Hall–Kier alpha value is -2.87. The Morgan fingerprint density at radius 3 is 2.83 bits per heavy atom. The molecule has 0 saturated carbocycles. The SMILES string of the molecule is C/C=C/c1csc(Nc2ccc(OCCCc3cccnc3)c(C(F)(F)F)c2)n1. The lowest BCUT2D eigenvalue weighted by molar-refractivity contribution is -0.138. The molecule has 4 nitrogen and oxygen atoms in total. The summed E-state index contributed by atoms with van der Waals surface area (Å²) in [4.78, 5) is 8.32. The van der Waals surface area contributed by atoms with Crippen LogP contribution >= 0.6 is 11.3 Å². The molecule has 0 radical (unpaired) electrons. The third-order valence-corrected chi connectivity index (χ3v) is 4.76. The number of halogens is 3. The minimum absolute atomic E-state index is 0.178. The van der Waals surface area contributed by atoms with E-state index >= 15 is 0 Å². The molecule has 0 bridgehead atoms. The van der Waals surface area contributed by atoms with E-state index in [1.807, 2.05) is 36.6 Å². The van der Waals surface area contributed by atoms with Gasteiger partial charge in [-0.3, -0.25) is 4.98 Å². The number of benzene rings is 1. The average Bonchev–Trinajstić information content (AvgIpc) is 3.13. The lowest BCUT2D eigenvalue weighted by Crippen LogP contribution is -2.10. The van der Waals surface area contributed by atoms with E-state index in [1.165, 1.54) is 17.4 Å². The van der Waals surface area contributed by atoms with Gasteiger partial charge in [0.05, 0.1) is 17.9 Å². The quantitative estimate of drug-likeness (QED) is 0.433. The molecular formula is C21H20F3N3OS. The Bertz CT molecular complexity index is 955. The Kier molecular flexibility index (Phi) is 6.87. The van der Waals surface area contributed by atoms with Crippen LogP contribution in [0.5, 0.6) is 5.75 Å². The number of hydrogen-bond acceptors (Lipinski definition) is 5. The largest absolute Gasteiger partial charge is 0.493 e. The van der Waals surface area contributed by atoms with Crippen molar-refractivity contribution in [1.82, 2.24) is 9.97 Å². The molecule has 2 aromatic heterocycles. The van der Waals surface area contributed by atoms with Gasteiger partial charge in [0.1, 0.15) is 5.75 Å². The number of allylic oxidation sites excluding steroid dienone is 1. The summed E-state index contributed by atoms with van der Waals surface area (Å²) in [5.41, 5.74) is 1.27. The first kappa shape index (κ1) is 20.9. The molecule has 1 N–H and O–H groups in total. The second-order valence-electron chi connectivity index (χ2n) is 6.22. The maximum absolute atomic E-state index is 13.5. The topological polar surface area (TPSA) is 47.0 Å². The van der Waals surface area contributed by atoms with Crippen LogP contribution in [0, 0.1) is 0 Å². The number of aryl methyl sites for hydroxylation is 1. The summed E-state index contributed by atoms with van der Waals surface area (Å²) in [5, 5.41) is 5.27. The molecule has 0 aliphatic rings. The van der Waals surface area contributed by atoms with Gasteiger partial charge < -0.3 is 10.1 Å². The predicted octanol–water partition coefficient (Wildman–Crippen LogP) is 6.35. The Labute approximate surface area is 171 Å². The third-order valence-electron chi connectivity index (χ3n) is 3.99. The molecule has 3 rings (SSSR count). The van der Waals surface area contributed by atoms with Crippen LogP contribution in [-0.2, 0) is 12.6 Å². The van der Waals surface area contributed by atoms with Crippen LogP contribution in [0.2, 0.25) is 0 Å². The highest BCUT2D eigenvalue weighted by molar-refractivity contribution is 7.13. The van der Waals surface area contributed by atoms with Gasteiger partial charge in [0.25, 0.3) is 0 Å². The van der Waals surface area contributed by atoms with E-state index < -0.39 is 11.7 Å². The van der Waals surface area contributed by atoms with E-state index in [-0.39, 0.29) is 12.4 Å². The van der Waals surface area contributed by atoms with Crippen molar-refractivity contribution < 1.29 is 17.9 Å². The van der Waals surface area contributed by atoms with Crippen LogP contribution < -0.4 is 10.1 Å². The zero-order valence-corrected chi connectivity index (χ0v) is 16.6. The molecule has 0 fully saturated rings. The molecule has 8 heteroatoms. The van der Waals surface area contributed by atoms with E-state index in [9.17, 15) is 13.2 Å². The van der Waals surface area contributed by atoms with Crippen LogP contribution in [0.4, 0.5) is 24.0 Å². The molecule has 1 aromatic carbocycles. The first-order valence-electron chi connectivity index (χ1n) is 9.04. The minimum atomic E-state index is -4.52. The lowest BCUT2D eigenvalue weighted by Gasteiger charge is -2.15. The first-order chi connectivity index (χ1) is 14.0. The zero-order valence-electron chi connectivity index (χ0n) is 15.7. The van der Waals surface area contributed by atoms with Gasteiger partial charge in [0.2, 0.25) is 0 Å². The maximum atomic E-state index is 13.5. The average molecular weight is 419 g/mol. The summed E-state index contributed by atoms with van der Waals surface area (Å²) in [5.74, 6) is -0.178. The van der Waals surface area contributed by atoms with Crippen molar-refractivity contribution in [3.8, 4) is 5.75 Å². The van der Waals surface area contributed by atoms with Crippen LogP contribution in [0.25, 0.3) is 6.08 Å². The van der Waals surface area contributed by atoms with E-state index in [0.717, 1.165) is 17.3 Å². The highest BCUT2D eigenvalue weighted by Gasteiger charge is 2.34. The molecule has 0 saturated heterocycles. The number of nitrogens with one attached hydrogen (secondary N) is 1. The Morgan fingerprint density at radius 1 is 1.24 bits per heavy atom. The number of thiazole rings is 1. The van der Waals surface area contributed by atoms with Crippen molar-refractivity contribution in [3.63, 3.8) is 0 Å². The highest BCUT2D eigenvalue weighted by Crippen LogP contribution is 2.38. The smallest absolute Gasteiger partial charge is 0.420 e. The Morgan fingerprint density at radius 2 is 2.10 bits per heavy atom. The number of ether oxygens (including phenoxy) is 1. The molecule has 2 heterocycles. The molecule has 0 unspecified atom stereocenters. The number of alkyl halides is 3.